The van der Waals surface area contributed by atoms with E-state index >= 15 is 0 Å². The molecule has 106 valence electrons. The number of nitrogens with zero attached hydrogens (tertiary/aromatic N) is 1. The van der Waals surface area contributed by atoms with Gasteiger partial charge in [-0.3, -0.25) is 4.79 Å². The van der Waals surface area contributed by atoms with Gasteiger partial charge in [-0.15, -0.1) is 0 Å². The Morgan fingerprint density at radius 2 is 2.20 bits per heavy atom. The first-order valence-electron chi connectivity index (χ1n) is 6.63. The van der Waals surface area contributed by atoms with E-state index in [1.807, 2.05) is 32.9 Å². The van der Waals surface area contributed by atoms with Gasteiger partial charge in [-0.2, -0.15) is 0 Å². The molecule has 0 aliphatic carbocycles. The van der Waals surface area contributed by atoms with E-state index < -0.39 is 0 Å². The molecule has 2 aromatic rings. The molecule has 0 fully saturated rings. The van der Waals surface area contributed by atoms with Crippen molar-refractivity contribution in [2.45, 2.75) is 33.2 Å². The van der Waals surface area contributed by atoms with E-state index in [4.69, 9.17) is 10.2 Å². The fourth-order valence-electron chi connectivity index (χ4n) is 1.96. The molecule has 2 rings (SSSR count). The number of hydrogen-bond donors (Lipinski definition) is 2. The largest absolute Gasteiger partial charge is 0.464 e. The molecule has 5 nitrogen and oxygen atoms in total. The molecule has 3 N–H and O–H groups in total. The third-order valence-electron chi connectivity index (χ3n) is 3.06. The molecule has 2 aromatic heterocycles. The van der Waals surface area contributed by atoms with E-state index in [0.717, 1.165) is 23.6 Å². The van der Waals surface area contributed by atoms with Crippen LogP contribution in [0.2, 0.25) is 0 Å². The molecule has 1 unspecified atom stereocenters. The molecular weight excluding hydrogens is 254 g/mol. The summed E-state index contributed by atoms with van der Waals surface area (Å²) in [4.78, 5) is 16.4. The van der Waals surface area contributed by atoms with Gasteiger partial charge in [0.05, 0.1) is 6.04 Å². The van der Waals surface area contributed by atoms with Crippen LogP contribution >= 0.6 is 0 Å². The van der Waals surface area contributed by atoms with Crippen LogP contribution < -0.4 is 11.1 Å². The molecule has 0 aliphatic rings. The first-order valence-corrected chi connectivity index (χ1v) is 6.63. The number of nitrogens with one attached hydrogen (secondary N) is 1. The molecule has 0 radical (unpaired) electrons. The van der Waals surface area contributed by atoms with E-state index in [-0.39, 0.29) is 11.9 Å². The van der Waals surface area contributed by atoms with Crippen molar-refractivity contribution in [3.05, 3.63) is 47.0 Å². The number of pyridine rings is 1. The molecule has 2 heterocycles. The van der Waals surface area contributed by atoms with Crippen LogP contribution in [-0.4, -0.2) is 10.9 Å². The van der Waals surface area contributed by atoms with E-state index in [0.29, 0.717) is 11.4 Å². The maximum absolute atomic E-state index is 12.2. The Hall–Kier alpha value is -2.30. The highest BCUT2D eigenvalue weighted by molar-refractivity contribution is 5.95. The Morgan fingerprint density at radius 1 is 1.45 bits per heavy atom. The Kier molecular flexibility index (Phi) is 4.08. The van der Waals surface area contributed by atoms with Gasteiger partial charge in [-0.25, -0.2) is 4.98 Å². The van der Waals surface area contributed by atoms with E-state index in [1.165, 1.54) is 0 Å². The third kappa shape index (κ3) is 3.17. The van der Waals surface area contributed by atoms with Crippen molar-refractivity contribution in [2.75, 3.05) is 5.73 Å². The lowest BCUT2D eigenvalue weighted by Gasteiger charge is -2.12. The van der Waals surface area contributed by atoms with Gasteiger partial charge >= 0.3 is 0 Å². The van der Waals surface area contributed by atoms with Gasteiger partial charge in [0.15, 0.2) is 0 Å². The normalized spacial score (nSPS) is 12.2. The summed E-state index contributed by atoms with van der Waals surface area (Å²) in [5.74, 6) is 1.72. The van der Waals surface area contributed by atoms with Crippen molar-refractivity contribution in [3.63, 3.8) is 0 Å². The number of aryl methyl sites for hydroxylation is 2. The lowest BCUT2D eigenvalue weighted by molar-refractivity contribution is 0.0935. The Labute approximate surface area is 118 Å². The highest BCUT2D eigenvalue weighted by Gasteiger charge is 2.15. The van der Waals surface area contributed by atoms with Crippen molar-refractivity contribution in [3.8, 4) is 0 Å². The lowest BCUT2D eigenvalue weighted by Crippen LogP contribution is -2.26. The second kappa shape index (κ2) is 5.77. The number of carbonyl (C=O) groups excluding carboxylic acids is 1. The molecule has 0 spiro atoms. The fourth-order valence-corrected chi connectivity index (χ4v) is 1.96. The summed E-state index contributed by atoms with van der Waals surface area (Å²) < 4.78 is 5.50. The third-order valence-corrected chi connectivity index (χ3v) is 3.06. The minimum atomic E-state index is -0.198. The summed E-state index contributed by atoms with van der Waals surface area (Å²) in [5, 5.41) is 2.89. The molecule has 0 saturated heterocycles. The van der Waals surface area contributed by atoms with Gasteiger partial charge in [0.1, 0.15) is 17.3 Å². The molecule has 0 aliphatic heterocycles. The molecule has 20 heavy (non-hydrogen) atoms. The van der Waals surface area contributed by atoms with Crippen LogP contribution in [0.15, 0.2) is 28.7 Å². The second-order valence-corrected chi connectivity index (χ2v) is 4.77. The Balaban J connectivity index is 2.13. The van der Waals surface area contributed by atoms with Crippen LogP contribution in [0.3, 0.4) is 0 Å². The monoisotopic (exact) mass is 273 g/mol. The highest BCUT2D eigenvalue weighted by atomic mass is 16.3. The average Bonchev–Trinajstić information content (AvgIpc) is 2.84. The SMILES string of the molecule is CCc1cc(C(=O)NC(C)c2ccc(C)o2)cc(N)n1. The predicted molar refractivity (Wildman–Crippen MR) is 77.4 cm³/mol. The summed E-state index contributed by atoms with van der Waals surface area (Å²) in [6.07, 6.45) is 0.734. The number of rotatable bonds is 4. The van der Waals surface area contributed by atoms with Crippen LogP contribution in [0.5, 0.6) is 0 Å². The van der Waals surface area contributed by atoms with Crippen molar-refractivity contribution in [2.24, 2.45) is 0 Å². The smallest absolute Gasteiger partial charge is 0.252 e. The molecular formula is C15H19N3O2. The van der Waals surface area contributed by atoms with Gasteiger partial charge in [-0.05, 0) is 44.5 Å². The lowest BCUT2D eigenvalue weighted by atomic mass is 10.1. The summed E-state index contributed by atoms with van der Waals surface area (Å²) >= 11 is 0. The maximum Gasteiger partial charge on any atom is 0.252 e. The maximum atomic E-state index is 12.2. The summed E-state index contributed by atoms with van der Waals surface area (Å²) in [7, 11) is 0. The summed E-state index contributed by atoms with van der Waals surface area (Å²) in [6, 6.07) is 6.87. The number of anilines is 1. The number of nitrogens with two attached hydrogens (primary N) is 1. The number of amides is 1. The molecule has 5 heteroatoms. The van der Waals surface area contributed by atoms with E-state index in [9.17, 15) is 4.79 Å². The number of aromatic nitrogens is 1. The van der Waals surface area contributed by atoms with Crippen molar-refractivity contribution < 1.29 is 9.21 Å². The summed E-state index contributed by atoms with van der Waals surface area (Å²) in [5.41, 5.74) is 7.03. The second-order valence-electron chi connectivity index (χ2n) is 4.77. The minimum Gasteiger partial charge on any atom is -0.464 e. The van der Waals surface area contributed by atoms with Gasteiger partial charge in [0.2, 0.25) is 0 Å². The van der Waals surface area contributed by atoms with Crippen molar-refractivity contribution >= 4 is 11.7 Å². The average molecular weight is 273 g/mol. The number of nitrogen functional groups attached to an aromatic ring is 1. The Bertz CT molecular complexity index is 619. The molecule has 0 aromatic carbocycles. The van der Waals surface area contributed by atoms with Crippen LogP contribution in [0.1, 0.15) is 47.5 Å². The van der Waals surface area contributed by atoms with Crippen molar-refractivity contribution in [1.82, 2.24) is 10.3 Å². The fraction of sp³-hybridized carbons (Fsp3) is 0.333. The molecule has 0 saturated carbocycles. The predicted octanol–water partition coefficient (Wildman–Crippen LogP) is 2.62. The quantitative estimate of drug-likeness (QED) is 0.897. The first-order chi connectivity index (χ1) is 9.49. The molecule has 1 atom stereocenters. The zero-order valence-electron chi connectivity index (χ0n) is 11.9. The van der Waals surface area contributed by atoms with Crippen LogP contribution in [0.25, 0.3) is 0 Å². The Morgan fingerprint density at radius 3 is 2.80 bits per heavy atom. The first kappa shape index (κ1) is 14.1. The standard InChI is InChI=1S/C15H19N3O2/c1-4-12-7-11(8-14(16)18-12)15(19)17-10(3)13-6-5-9(2)20-13/h5-8,10H,4H2,1-3H3,(H2,16,18)(H,17,19). The number of hydrogen-bond acceptors (Lipinski definition) is 4. The molecule has 0 bridgehead atoms. The van der Waals surface area contributed by atoms with Crippen molar-refractivity contribution in [1.29, 1.82) is 0 Å². The number of carbonyl (C=O) groups is 1. The zero-order valence-corrected chi connectivity index (χ0v) is 11.9. The van der Waals surface area contributed by atoms with Crippen LogP contribution in [-0.2, 0) is 6.42 Å². The van der Waals surface area contributed by atoms with Crippen LogP contribution in [0, 0.1) is 6.92 Å². The molecule has 1 amide bonds. The summed E-state index contributed by atoms with van der Waals surface area (Å²) in [6.45, 7) is 5.72. The van der Waals surface area contributed by atoms with Gasteiger partial charge in [0.25, 0.3) is 5.91 Å². The van der Waals surface area contributed by atoms with Crippen LogP contribution in [0.4, 0.5) is 5.82 Å². The minimum absolute atomic E-state index is 0.185. The zero-order chi connectivity index (χ0) is 14.7. The van der Waals surface area contributed by atoms with E-state index in [1.54, 1.807) is 12.1 Å². The van der Waals surface area contributed by atoms with Gasteiger partial charge in [-0.1, -0.05) is 6.92 Å². The number of furan rings is 1. The van der Waals surface area contributed by atoms with Gasteiger partial charge < -0.3 is 15.5 Å². The highest BCUT2D eigenvalue weighted by Crippen LogP contribution is 2.17. The van der Waals surface area contributed by atoms with Gasteiger partial charge in [0, 0.05) is 11.3 Å². The topological polar surface area (TPSA) is 81.2 Å². The van der Waals surface area contributed by atoms with E-state index in [2.05, 4.69) is 10.3 Å².